The molecule has 0 radical (unpaired) electrons. The predicted molar refractivity (Wildman–Crippen MR) is 85.0 cm³/mol. The lowest BCUT2D eigenvalue weighted by Gasteiger charge is -2.03. The van der Waals surface area contributed by atoms with Crippen LogP contribution < -0.4 is 5.73 Å². The summed E-state index contributed by atoms with van der Waals surface area (Å²) >= 11 is 1.58. The minimum Gasteiger partial charge on any atom is -0.398 e. The number of fused-ring (bicyclic) bond motifs is 1. The van der Waals surface area contributed by atoms with Crippen molar-refractivity contribution in [2.24, 2.45) is 0 Å². The van der Waals surface area contributed by atoms with Gasteiger partial charge < -0.3 is 10.3 Å². The van der Waals surface area contributed by atoms with E-state index in [1.54, 1.807) is 11.3 Å². The van der Waals surface area contributed by atoms with Crippen molar-refractivity contribution < 1.29 is 4.52 Å². The Morgan fingerprint density at radius 2 is 1.81 bits per heavy atom. The summed E-state index contributed by atoms with van der Waals surface area (Å²) in [6.45, 7) is 0. The highest BCUT2D eigenvalue weighted by molar-refractivity contribution is 7.13. The summed E-state index contributed by atoms with van der Waals surface area (Å²) in [5.41, 5.74) is 7.52. The first-order chi connectivity index (χ1) is 10.3. The lowest BCUT2D eigenvalue weighted by molar-refractivity contribution is 0.432. The van der Waals surface area contributed by atoms with E-state index in [4.69, 9.17) is 10.3 Å². The molecule has 2 N–H and O–H groups in total. The molecule has 102 valence electrons. The maximum atomic E-state index is 6.12. The van der Waals surface area contributed by atoms with E-state index in [0.717, 1.165) is 21.2 Å². The van der Waals surface area contributed by atoms with Crippen LogP contribution in [-0.2, 0) is 0 Å². The maximum Gasteiger partial charge on any atom is 0.260 e. The van der Waals surface area contributed by atoms with E-state index in [1.807, 2.05) is 53.9 Å². The van der Waals surface area contributed by atoms with Crippen LogP contribution >= 0.6 is 11.3 Å². The number of aromatic nitrogens is 2. The zero-order valence-corrected chi connectivity index (χ0v) is 11.8. The molecule has 4 aromatic rings. The topological polar surface area (TPSA) is 64.9 Å². The summed E-state index contributed by atoms with van der Waals surface area (Å²) in [7, 11) is 0. The van der Waals surface area contributed by atoms with Crippen LogP contribution in [0.1, 0.15) is 0 Å². The van der Waals surface area contributed by atoms with Crippen LogP contribution in [0.4, 0.5) is 5.69 Å². The monoisotopic (exact) mass is 293 g/mol. The van der Waals surface area contributed by atoms with Crippen LogP contribution in [0.25, 0.3) is 32.9 Å². The molecular weight excluding hydrogens is 282 g/mol. The standard InChI is InChI=1S/C16H11N3OS/c17-13-9-11-5-2-1-4-10(11)8-12(13)16-18-15(19-20-16)14-6-3-7-21-14/h1-9H,17H2. The van der Waals surface area contributed by atoms with E-state index in [9.17, 15) is 0 Å². The van der Waals surface area contributed by atoms with E-state index in [-0.39, 0.29) is 0 Å². The van der Waals surface area contributed by atoms with E-state index < -0.39 is 0 Å². The third kappa shape index (κ3) is 2.08. The molecule has 0 aliphatic rings. The number of nitrogens with zero attached hydrogens (tertiary/aromatic N) is 2. The first-order valence-corrected chi connectivity index (χ1v) is 7.35. The second-order valence-corrected chi connectivity index (χ2v) is 5.63. The fraction of sp³-hybridized carbons (Fsp3) is 0. The first-order valence-electron chi connectivity index (χ1n) is 6.47. The van der Waals surface area contributed by atoms with Crippen molar-refractivity contribution in [1.29, 1.82) is 0 Å². The Balaban J connectivity index is 1.85. The van der Waals surface area contributed by atoms with Gasteiger partial charge in [0.05, 0.1) is 10.4 Å². The average Bonchev–Trinajstić information content (AvgIpc) is 3.17. The van der Waals surface area contributed by atoms with Crippen LogP contribution in [-0.4, -0.2) is 10.1 Å². The highest BCUT2D eigenvalue weighted by atomic mass is 32.1. The highest BCUT2D eigenvalue weighted by Crippen LogP contribution is 2.31. The van der Waals surface area contributed by atoms with Gasteiger partial charge in [-0.05, 0) is 34.4 Å². The molecule has 0 aliphatic carbocycles. The number of rotatable bonds is 2. The molecule has 0 amide bonds. The van der Waals surface area contributed by atoms with Crippen LogP contribution in [0.3, 0.4) is 0 Å². The summed E-state index contributed by atoms with van der Waals surface area (Å²) in [5, 5.41) is 8.20. The first kappa shape index (κ1) is 12.1. The fourth-order valence-corrected chi connectivity index (χ4v) is 2.93. The van der Waals surface area contributed by atoms with Crippen molar-refractivity contribution in [1.82, 2.24) is 10.1 Å². The number of hydrogen-bond donors (Lipinski definition) is 1. The Bertz CT molecular complexity index is 912. The molecule has 2 aromatic heterocycles. The number of nitrogen functional groups attached to an aromatic ring is 1. The van der Waals surface area contributed by atoms with Gasteiger partial charge in [-0.3, -0.25) is 0 Å². The minimum atomic E-state index is 0.446. The summed E-state index contributed by atoms with van der Waals surface area (Å²) in [4.78, 5) is 5.42. The van der Waals surface area contributed by atoms with Crippen molar-refractivity contribution in [3.05, 3.63) is 53.9 Å². The molecule has 4 nitrogen and oxygen atoms in total. The number of thiophene rings is 1. The van der Waals surface area contributed by atoms with E-state index in [0.29, 0.717) is 17.4 Å². The van der Waals surface area contributed by atoms with Gasteiger partial charge in [-0.1, -0.05) is 35.5 Å². The maximum absolute atomic E-state index is 6.12. The van der Waals surface area contributed by atoms with Crippen LogP contribution in [0.15, 0.2) is 58.4 Å². The van der Waals surface area contributed by atoms with Gasteiger partial charge in [-0.2, -0.15) is 4.98 Å². The third-order valence-corrected chi connectivity index (χ3v) is 4.18. The Kier molecular flexibility index (Phi) is 2.72. The van der Waals surface area contributed by atoms with Gasteiger partial charge in [-0.25, -0.2) is 0 Å². The molecular formula is C16H11N3OS. The smallest absolute Gasteiger partial charge is 0.260 e. The van der Waals surface area contributed by atoms with Gasteiger partial charge in [0.1, 0.15) is 0 Å². The van der Waals surface area contributed by atoms with E-state index in [2.05, 4.69) is 10.1 Å². The summed E-state index contributed by atoms with van der Waals surface area (Å²) in [5.74, 6) is 1.04. The predicted octanol–water partition coefficient (Wildman–Crippen LogP) is 4.20. The molecule has 5 heteroatoms. The van der Waals surface area contributed by atoms with Crippen LogP contribution in [0.2, 0.25) is 0 Å². The zero-order valence-electron chi connectivity index (χ0n) is 11.0. The molecule has 2 aromatic carbocycles. The van der Waals surface area contributed by atoms with Crippen molar-refractivity contribution in [3.8, 4) is 22.2 Å². The summed E-state index contributed by atoms with van der Waals surface area (Å²) < 4.78 is 5.37. The highest BCUT2D eigenvalue weighted by Gasteiger charge is 2.14. The molecule has 4 rings (SSSR count). The molecule has 21 heavy (non-hydrogen) atoms. The Hall–Kier alpha value is -2.66. The minimum absolute atomic E-state index is 0.446. The quantitative estimate of drug-likeness (QED) is 0.562. The number of anilines is 1. The van der Waals surface area contributed by atoms with Crippen molar-refractivity contribution >= 4 is 27.8 Å². The Morgan fingerprint density at radius 1 is 1.00 bits per heavy atom. The Morgan fingerprint density at radius 3 is 2.57 bits per heavy atom. The molecule has 0 bridgehead atoms. The van der Waals surface area contributed by atoms with Crippen molar-refractivity contribution in [3.63, 3.8) is 0 Å². The van der Waals surface area contributed by atoms with Gasteiger partial charge in [-0.15, -0.1) is 11.3 Å². The molecule has 0 fully saturated rings. The van der Waals surface area contributed by atoms with Gasteiger partial charge in [0.25, 0.3) is 5.89 Å². The zero-order chi connectivity index (χ0) is 14.2. The van der Waals surface area contributed by atoms with Crippen LogP contribution in [0, 0.1) is 0 Å². The number of hydrogen-bond acceptors (Lipinski definition) is 5. The molecule has 0 spiro atoms. The van der Waals surface area contributed by atoms with Gasteiger partial charge >= 0.3 is 0 Å². The van der Waals surface area contributed by atoms with E-state index >= 15 is 0 Å². The number of nitrogens with two attached hydrogens (primary N) is 1. The molecule has 0 unspecified atom stereocenters. The van der Waals surface area contributed by atoms with Crippen LogP contribution in [0.5, 0.6) is 0 Å². The van der Waals surface area contributed by atoms with E-state index in [1.165, 1.54) is 0 Å². The Labute approximate surface area is 124 Å². The second-order valence-electron chi connectivity index (χ2n) is 4.69. The molecule has 0 saturated carbocycles. The van der Waals surface area contributed by atoms with Gasteiger partial charge in [0.15, 0.2) is 0 Å². The lowest BCUT2D eigenvalue weighted by Crippen LogP contribution is -1.90. The van der Waals surface area contributed by atoms with Gasteiger partial charge in [0.2, 0.25) is 5.82 Å². The fourth-order valence-electron chi connectivity index (χ4n) is 2.28. The van der Waals surface area contributed by atoms with Gasteiger partial charge in [0, 0.05) is 5.69 Å². The number of benzene rings is 2. The average molecular weight is 293 g/mol. The molecule has 0 saturated heterocycles. The summed E-state index contributed by atoms with van der Waals surface area (Å²) in [6.07, 6.45) is 0. The SMILES string of the molecule is Nc1cc2ccccc2cc1-c1nc(-c2cccs2)no1. The van der Waals surface area contributed by atoms with Crippen molar-refractivity contribution in [2.75, 3.05) is 5.73 Å². The molecule has 0 aliphatic heterocycles. The normalized spacial score (nSPS) is 11.0. The molecule has 0 atom stereocenters. The largest absolute Gasteiger partial charge is 0.398 e. The molecule has 2 heterocycles. The summed E-state index contributed by atoms with van der Waals surface area (Å²) in [6, 6.07) is 15.9. The lowest BCUT2D eigenvalue weighted by atomic mass is 10.1. The third-order valence-electron chi connectivity index (χ3n) is 3.32. The second kappa shape index (κ2) is 4.71. The van der Waals surface area contributed by atoms with Crippen molar-refractivity contribution in [2.45, 2.75) is 0 Å².